The van der Waals surface area contributed by atoms with Crippen LogP contribution in [0.5, 0.6) is 11.5 Å². The Morgan fingerprint density at radius 3 is 2.59 bits per heavy atom. The predicted octanol–water partition coefficient (Wildman–Crippen LogP) is 2.05. The molecule has 8 nitrogen and oxygen atoms in total. The molecule has 1 aliphatic rings. The average molecular weight is 415 g/mol. The summed E-state index contributed by atoms with van der Waals surface area (Å²) in [6.45, 7) is 3.50. The zero-order chi connectivity index (χ0) is 20.6. The minimum Gasteiger partial charge on any atom is -0.454 e. The van der Waals surface area contributed by atoms with Crippen molar-refractivity contribution >= 4 is 34.1 Å². The Hall–Kier alpha value is -2.83. The molecule has 2 aromatic rings. The maximum Gasteiger partial charge on any atom is 0.231 e. The Balaban J connectivity index is 1.46. The van der Waals surface area contributed by atoms with E-state index in [4.69, 9.17) is 21.7 Å². The van der Waals surface area contributed by atoms with Gasteiger partial charge in [0.2, 0.25) is 6.79 Å². The van der Waals surface area contributed by atoms with Gasteiger partial charge in [-0.05, 0) is 57.8 Å². The van der Waals surface area contributed by atoms with Crippen LogP contribution in [0.3, 0.4) is 0 Å². The van der Waals surface area contributed by atoms with Crippen LogP contribution >= 0.6 is 12.2 Å². The summed E-state index contributed by atoms with van der Waals surface area (Å²) in [6.07, 6.45) is 1.88. The van der Waals surface area contributed by atoms with Gasteiger partial charge in [0.1, 0.15) is 11.9 Å². The third-order valence-electron chi connectivity index (χ3n) is 4.43. The highest BCUT2D eigenvalue weighted by atomic mass is 32.1. The van der Waals surface area contributed by atoms with Crippen LogP contribution in [-0.4, -0.2) is 62.1 Å². The molecule has 0 bridgehead atoms. The summed E-state index contributed by atoms with van der Waals surface area (Å²) in [5.41, 5.74) is 1.26. The first kappa shape index (κ1) is 20.9. The van der Waals surface area contributed by atoms with Crippen molar-refractivity contribution in [1.82, 2.24) is 20.5 Å². The fraction of sp³-hybridized carbons (Fsp3) is 0.450. The zero-order valence-electron chi connectivity index (χ0n) is 16.7. The smallest absolute Gasteiger partial charge is 0.231 e. The molecule has 0 unspecified atom stereocenters. The molecule has 0 atom stereocenters. The molecule has 29 heavy (non-hydrogen) atoms. The summed E-state index contributed by atoms with van der Waals surface area (Å²) in [7, 11) is 4.11. The molecule has 0 saturated carbocycles. The van der Waals surface area contributed by atoms with E-state index in [1.54, 1.807) is 0 Å². The number of rotatable bonds is 9. The van der Waals surface area contributed by atoms with Crippen molar-refractivity contribution < 1.29 is 9.47 Å². The maximum atomic E-state index is 9.46. The van der Waals surface area contributed by atoms with E-state index in [-0.39, 0.29) is 6.79 Å². The molecular formula is C20H26N6O2S. The number of nitriles is 1. The summed E-state index contributed by atoms with van der Waals surface area (Å²) in [6, 6.07) is 7.71. The fourth-order valence-electron chi connectivity index (χ4n) is 2.94. The van der Waals surface area contributed by atoms with Gasteiger partial charge in [-0.25, -0.2) is 4.98 Å². The number of anilines is 1. The van der Waals surface area contributed by atoms with Crippen molar-refractivity contribution in [3.8, 4) is 17.6 Å². The van der Waals surface area contributed by atoms with Crippen LogP contribution in [0.4, 0.5) is 5.82 Å². The molecule has 0 radical (unpaired) electrons. The lowest BCUT2D eigenvalue weighted by atomic mass is 10.1. The molecule has 0 amide bonds. The molecule has 0 spiro atoms. The molecule has 3 rings (SSSR count). The first-order valence-corrected chi connectivity index (χ1v) is 10.0. The number of fused-ring (bicyclic) bond motifs is 2. The second-order valence-electron chi connectivity index (χ2n) is 7.01. The Labute approximate surface area is 176 Å². The van der Waals surface area contributed by atoms with Gasteiger partial charge in [-0.2, -0.15) is 5.26 Å². The standard InChI is InChI=1S/C20H26N6O2S/c1-26(2)8-4-7-24-20(29)23-6-3-5-22-19-15(12-21)9-14-10-17-18(28-13-27-17)11-16(14)25-19/h9-11H,3-8,13H2,1-2H3,(H,22,25)(H2,23,24,29). The fourth-order valence-corrected chi connectivity index (χ4v) is 3.14. The molecule has 1 aliphatic heterocycles. The number of ether oxygens (including phenoxy) is 2. The Kier molecular flexibility index (Phi) is 7.27. The van der Waals surface area contributed by atoms with Gasteiger partial charge in [-0.1, -0.05) is 0 Å². The monoisotopic (exact) mass is 414 g/mol. The van der Waals surface area contributed by atoms with Gasteiger partial charge in [-0.3, -0.25) is 0 Å². The lowest BCUT2D eigenvalue weighted by Gasteiger charge is -2.13. The van der Waals surface area contributed by atoms with E-state index in [1.807, 2.05) is 18.2 Å². The van der Waals surface area contributed by atoms with E-state index in [1.165, 1.54) is 0 Å². The third-order valence-corrected chi connectivity index (χ3v) is 4.72. The molecule has 9 heteroatoms. The van der Waals surface area contributed by atoms with Crippen LogP contribution in [0, 0.1) is 11.3 Å². The van der Waals surface area contributed by atoms with Gasteiger partial charge in [0.05, 0.1) is 11.1 Å². The van der Waals surface area contributed by atoms with Crippen LogP contribution in [0.15, 0.2) is 18.2 Å². The molecule has 3 N–H and O–H groups in total. The van der Waals surface area contributed by atoms with Crippen molar-refractivity contribution in [1.29, 1.82) is 5.26 Å². The van der Waals surface area contributed by atoms with Gasteiger partial charge < -0.3 is 30.3 Å². The molecule has 154 valence electrons. The van der Waals surface area contributed by atoms with E-state index in [0.717, 1.165) is 43.4 Å². The lowest BCUT2D eigenvalue weighted by Crippen LogP contribution is -2.37. The lowest BCUT2D eigenvalue weighted by molar-refractivity contribution is 0.174. The maximum absolute atomic E-state index is 9.46. The molecule has 0 fully saturated rings. The Morgan fingerprint density at radius 2 is 1.86 bits per heavy atom. The number of nitrogens with one attached hydrogen (secondary N) is 3. The molecule has 0 aliphatic carbocycles. The van der Waals surface area contributed by atoms with Crippen molar-refractivity contribution in [2.24, 2.45) is 0 Å². The van der Waals surface area contributed by atoms with Crippen LogP contribution in [0.25, 0.3) is 10.9 Å². The highest BCUT2D eigenvalue weighted by molar-refractivity contribution is 7.80. The van der Waals surface area contributed by atoms with Gasteiger partial charge in [0, 0.05) is 31.1 Å². The van der Waals surface area contributed by atoms with Crippen molar-refractivity contribution in [2.75, 3.05) is 52.4 Å². The van der Waals surface area contributed by atoms with Gasteiger partial charge in [-0.15, -0.1) is 0 Å². The van der Waals surface area contributed by atoms with Gasteiger partial charge in [0.25, 0.3) is 0 Å². The molecule has 1 aromatic heterocycles. The number of thiocarbonyl (C=S) groups is 1. The molecule has 2 heterocycles. The van der Waals surface area contributed by atoms with Crippen molar-refractivity contribution in [2.45, 2.75) is 12.8 Å². The number of hydrogen-bond donors (Lipinski definition) is 3. The van der Waals surface area contributed by atoms with Gasteiger partial charge in [0.15, 0.2) is 16.6 Å². The minimum atomic E-state index is 0.210. The summed E-state index contributed by atoms with van der Waals surface area (Å²) in [5.74, 6) is 1.93. The number of aromatic nitrogens is 1. The summed E-state index contributed by atoms with van der Waals surface area (Å²) >= 11 is 5.27. The highest BCUT2D eigenvalue weighted by Gasteiger charge is 2.16. The second kappa shape index (κ2) is 10.1. The van der Waals surface area contributed by atoms with Crippen LogP contribution in [-0.2, 0) is 0 Å². The predicted molar refractivity (Wildman–Crippen MR) is 117 cm³/mol. The van der Waals surface area contributed by atoms with Crippen molar-refractivity contribution in [3.05, 3.63) is 23.8 Å². The van der Waals surface area contributed by atoms with Gasteiger partial charge >= 0.3 is 0 Å². The third kappa shape index (κ3) is 5.82. The number of pyridine rings is 1. The molecular weight excluding hydrogens is 388 g/mol. The quantitative estimate of drug-likeness (QED) is 0.421. The SMILES string of the molecule is CN(C)CCCNC(=S)NCCCNc1nc2cc3c(cc2cc1C#N)OCO3. The van der Waals surface area contributed by atoms with E-state index >= 15 is 0 Å². The number of benzene rings is 1. The van der Waals surface area contributed by atoms with E-state index in [0.29, 0.717) is 34.5 Å². The Bertz CT molecular complexity index is 912. The first-order valence-electron chi connectivity index (χ1n) is 9.61. The number of hydrogen-bond acceptors (Lipinski definition) is 7. The summed E-state index contributed by atoms with van der Waals surface area (Å²) < 4.78 is 10.8. The van der Waals surface area contributed by atoms with Crippen LogP contribution < -0.4 is 25.4 Å². The molecule has 0 saturated heterocycles. The van der Waals surface area contributed by atoms with Crippen molar-refractivity contribution in [3.63, 3.8) is 0 Å². The summed E-state index contributed by atoms with van der Waals surface area (Å²) in [4.78, 5) is 6.74. The minimum absolute atomic E-state index is 0.210. The van der Waals surface area contributed by atoms with Crippen LogP contribution in [0.1, 0.15) is 18.4 Å². The van der Waals surface area contributed by atoms with E-state index < -0.39 is 0 Å². The summed E-state index contributed by atoms with van der Waals surface area (Å²) in [5, 5.41) is 20.6. The largest absolute Gasteiger partial charge is 0.454 e. The topological polar surface area (TPSA) is 94.5 Å². The Morgan fingerprint density at radius 1 is 1.14 bits per heavy atom. The number of nitrogens with zero attached hydrogens (tertiary/aromatic N) is 3. The van der Waals surface area contributed by atoms with E-state index in [2.05, 4.69) is 46.0 Å². The normalized spacial score (nSPS) is 12.1. The van der Waals surface area contributed by atoms with Crippen LogP contribution in [0.2, 0.25) is 0 Å². The average Bonchev–Trinajstić information content (AvgIpc) is 3.15. The second-order valence-corrected chi connectivity index (χ2v) is 7.42. The highest BCUT2D eigenvalue weighted by Crippen LogP contribution is 2.36. The zero-order valence-corrected chi connectivity index (χ0v) is 17.6. The first-order chi connectivity index (χ1) is 14.1. The molecule has 1 aromatic carbocycles. The van der Waals surface area contributed by atoms with E-state index in [9.17, 15) is 5.26 Å².